The summed E-state index contributed by atoms with van der Waals surface area (Å²) in [6.07, 6.45) is 5.16. The number of hydrogen-bond donors (Lipinski definition) is 1. The van der Waals surface area contributed by atoms with Crippen LogP contribution >= 0.6 is 0 Å². The molecule has 1 aliphatic carbocycles. The normalized spacial score (nSPS) is 27.5. The first-order valence-corrected chi connectivity index (χ1v) is 8.78. The van der Waals surface area contributed by atoms with Crippen molar-refractivity contribution in [3.63, 3.8) is 0 Å². The Morgan fingerprint density at radius 1 is 0.944 bits per heavy atom. The highest BCUT2D eigenvalue weighted by Gasteiger charge is 2.55. The highest BCUT2D eigenvalue weighted by Crippen LogP contribution is 2.42. The van der Waals surface area contributed by atoms with E-state index in [0.29, 0.717) is 19.8 Å². The summed E-state index contributed by atoms with van der Waals surface area (Å²) in [5.41, 5.74) is -0.465. The Kier molecular flexibility index (Phi) is 6.80. The average molecular weight is 275 g/mol. The molecule has 1 fully saturated rings. The van der Waals surface area contributed by atoms with E-state index >= 15 is 0 Å². The molecule has 108 valence electrons. The zero-order valence-corrected chi connectivity index (χ0v) is 14.4. The van der Waals surface area contributed by atoms with Crippen molar-refractivity contribution < 1.29 is 14.2 Å². The first-order valence-electron chi connectivity index (χ1n) is 7.37. The van der Waals surface area contributed by atoms with Gasteiger partial charge in [0.1, 0.15) is 0 Å². The summed E-state index contributed by atoms with van der Waals surface area (Å²) in [4.78, 5) is 0. The highest BCUT2D eigenvalue weighted by atomic mass is 28.1. The number of ether oxygens (including phenoxy) is 3. The molecule has 1 N–H and O–H groups in total. The monoisotopic (exact) mass is 275 g/mol. The molecule has 0 aromatic heterocycles. The summed E-state index contributed by atoms with van der Waals surface area (Å²) >= 11 is 0. The largest absolute Gasteiger partial charge is 0.355 e. The molecule has 0 saturated heterocycles. The number of hydrogen-bond acceptors (Lipinski definition) is 4. The Balaban J connectivity index is 3.02. The van der Waals surface area contributed by atoms with Gasteiger partial charge in [-0.2, -0.15) is 0 Å². The lowest BCUT2D eigenvalue weighted by atomic mass is 9.84. The molecule has 1 unspecified atom stereocenters. The van der Waals surface area contributed by atoms with Crippen molar-refractivity contribution in [1.29, 1.82) is 0 Å². The standard InChI is InChI=1S/C13H29NO3Si/c1-4-15-12(14-11-18)9-7-8-10-13(12,16-5-2)17-6-3/h14H,4-11H2,1-3,18H3. The molecule has 0 radical (unpaired) electrons. The van der Waals surface area contributed by atoms with Gasteiger partial charge in [-0.05, 0) is 46.2 Å². The van der Waals surface area contributed by atoms with Gasteiger partial charge in [0.2, 0.25) is 5.79 Å². The predicted octanol–water partition coefficient (Wildman–Crippen LogP) is 0.975. The van der Waals surface area contributed by atoms with Crippen molar-refractivity contribution >= 4 is 10.2 Å². The first-order chi connectivity index (χ1) is 8.70. The van der Waals surface area contributed by atoms with E-state index in [4.69, 9.17) is 14.2 Å². The van der Waals surface area contributed by atoms with E-state index in [-0.39, 0.29) is 0 Å². The maximum atomic E-state index is 6.09. The van der Waals surface area contributed by atoms with Crippen molar-refractivity contribution in [2.75, 3.05) is 26.0 Å². The third kappa shape index (κ3) is 3.14. The van der Waals surface area contributed by atoms with Gasteiger partial charge in [0, 0.05) is 36.5 Å². The van der Waals surface area contributed by atoms with Crippen molar-refractivity contribution in [3.8, 4) is 0 Å². The maximum Gasteiger partial charge on any atom is 0.211 e. The van der Waals surface area contributed by atoms with Crippen LogP contribution in [0.15, 0.2) is 0 Å². The second-order valence-electron chi connectivity index (χ2n) is 4.62. The van der Waals surface area contributed by atoms with Crippen molar-refractivity contribution in [2.45, 2.75) is 58.0 Å². The summed E-state index contributed by atoms with van der Waals surface area (Å²) in [6.45, 7) is 8.05. The Labute approximate surface area is 114 Å². The van der Waals surface area contributed by atoms with Gasteiger partial charge in [-0.25, -0.2) is 0 Å². The van der Waals surface area contributed by atoms with Gasteiger partial charge < -0.3 is 14.2 Å². The number of nitrogens with one attached hydrogen (secondary N) is 1. The minimum Gasteiger partial charge on any atom is -0.355 e. The van der Waals surface area contributed by atoms with Crippen LogP contribution in [0, 0.1) is 0 Å². The molecule has 0 amide bonds. The van der Waals surface area contributed by atoms with Gasteiger partial charge in [0.25, 0.3) is 0 Å². The fourth-order valence-corrected chi connectivity index (χ4v) is 3.57. The van der Waals surface area contributed by atoms with Crippen molar-refractivity contribution in [3.05, 3.63) is 0 Å². The summed E-state index contributed by atoms with van der Waals surface area (Å²) in [7, 11) is 1.10. The fourth-order valence-electron chi connectivity index (χ4n) is 3.00. The second kappa shape index (κ2) is 7.60. The molecular formula is C13H29NO3Si. The van der Waals surface area contributed by atoms with Gasteiger partial charge in [-0.3, -0.25) is 5.32 Å². The fraction of sp³-hybridized carbons (Fsp3) is 1.00. The highest BCUT2D eigenvalue weighted by molar-refractivity contribution is 6.08. The van der Waals surface area contributed by atoms with Gasteiger partial charge in [0.15, 0.2) is 5.72 Å². The molecule has 1 saturated carbocycles. The van der Waals surface area contributed by atoms with E-state index in [9.17, 15) is 0 Å². The van der Waals surface area contributed by atoms with Gasteiger partial charge in [-0.15, -0.1) is 0 Å². The van der Waals surface area contributed by atoms with Crippen LogP contribution in [0.25, 0.3) is 0 Å². The van der Waals surface area contributed by atoms with E-state index in [2.05, 4.69) is 5.32 Å². The molecule has 1 atom stereocenters. The molecule has 0 aliphatic heterocycles. The van der Waals surface area contributed by atoms with E-state index in [0.717, 1.165) is 42.1 Å². The average Bonchev–Trinajstić information content (AvgIpc) is 2.34. The Bertz CT molecular complexity index is 191. The quantitative estimate of drug-likeness (QED) is 0.529. The van der Waals surface area contributed by atoms with Crippen LogP contribution in [0.2, 0.25) is 0 Å². The lowest BCUT2D eigenvalue weighted by molar-refractivity contribution is -0.351. The van der Waals surface area contributed by atoms with Crippen LogP contribution in [-0.2, 0) is 14.2 Å². The summed E-state index contributed by atoms with van der Waals surface area (Å²) < 4.78 is 18.2. The predicted molar refractivity (Wildman–Crippen MR) is 76.7 cm³/mol. The van der Waals surface area contributed by atoms with E-state index in [1.165, 1.54) is 0 Å². The third-order valence-electron chi connectivity index (χ3n) is 3.51. The Hall–Kier alpha value is 0.0569. The molecule has 5 heteroatoms. The van der Waals surface area contributed by atoms with Crippen LogP contribution in [0.1, 0.15) is 46.5 Å². The molecular weight excluding hydrogens is 246 g/mol. The van der Waals surface area contributed by atoms with Crippen molar-refractivity contribution in [2.24, 2.45) is 0 Å². The van der Waals surface area contributed by atoms with Crippen molar-refractivity contribution in [1.82, 2.24) is 5.32 Å². The molecule has 0 bridgehead atoms. The first kappa shape index (κ1) is 16.1. The minimum absolute atomic E-state index is 0.465. The Morgan fingerprint density at radius 2 is 1.50 bits per heavy atom. The van der Waals surface area contributed by atoms with E-state index in [1.807, 2.05) is 20.8 Å². The maximum absolute atomic E-state index is 6.09. The molecule has 0 aromatic carbocycles. The molecule has 0 aromatic rings. The second-order valence-corrected chi connectivity index (χ2v) is 5.32. The Morgan fingerprint density at radius 3 is 2.00 bits per heavy atom. The van der Waals surface area contributed by atoms with E-state index in [1.54, 1.807) is 0 Å². The van der Waals surface area contributed by atoms with Crippen LogP contribution in [0.5, 0.6) is 0 Å². The van der Waals surface area contributed by atoms with Crippen LogP contribution < -0.4 is 5.32 Å². The molecule has 4 nitrogen and oxygen atoms in total. The zero-order valence-electron chi connectivity index (χ0n) is 12.4. The third-order valence-corrected chi connectivity index (χ3v) is 3.86. The summed E-state index contributed by atoms with van der Waals surface area (Å²) in [5, 5.41) is 3.55. The topological polar surface area (TPSA) is 39.7 Å². The van der Waals surface area contributed by atoms with Crippen LogP contribution in [0.4, 0.5) is 0 Å². The van der Waals surface area contributed by atoms with E-state index < -0.39 is 11.5 Å². The van der Waals surface area contributed by atoms with Crippen LogP contribution in [0.3, 0.4) is 0 Å². The molecule has 0 heterocycles. The SMILES string of the molecule is CCOC1(NC[SiH3])CCCCC1(OCC)OCC. The van der Waals surface area contributed by atoms with Gasteiger partial charge in [0.05, 0.1) is 0 Å². The van der Waals surface area contributed by atoms with Gasteiger partial charge in [-0.1, -0.05) is 0 Å². The lowest BCUT2D eigenvalue weighted by Gasteiger charge is -2.52. The van der Waals surface area contributed by atoms with Gasteiger partial charge >= 0.3 is 0 Å². The molecule has 0 spiro atoms. The molecule has 1 aliphatic rings. The minimum atomic E-state index is -0.616. The van der Waals surface area contributed by atoms with Crippen LogP contribution in [-0.4, -0.2) is 47.7 Å². The molecule has 18 heavy (non-hydrogen) atoms. The summed E-state index contributed by atoms with van der Waals surface area (Å²) in [5.74, 6) is -0.616. The summed E-state index contributed by atoms with van der Waals surface area (Å²) in [6, 6.07) is 0. The molecule has 1 rings (SSSR count). The smallest absolute Gasteiger partial charge is 0.211 e. The lowest BCUT2D eigenvalue weighted by Crippen LogP contribution is -2.68. The number of rotatable bonds is 8. The zero-order chi connectivity index (χ0) is 13.5.